The molecule has 0 atom stereocenters. The number of nitrogens with zero attached hydrogens (tertiary/aromatic N) is 3. The van der Waals surface area contributed by atoms with Gasteiger partial charge in [0.05, 0.1) is 13.2 Å². The summed E-state index contributed by atoms with van der Waals surface area (Å²) in [7, 11) is 0. The van der Waals surface area contributed by atoms with Crippen molar-refractivity contribution < 1.29 is 15.0 Å². The van der Waals surface area contributed by atoms with Crippen molar-refractivity contribution in [1.82, 2.24) is 9.80 Å². The average molecular weight is 253 g/mol. The molecule has 1 saturated heterocycles. The van der Waals surface area contributed by atoms with Crippen LogP contribution in [0.4, 0.5) is 0 Å². The van der Waals surface area contributed by atoms with Gasteiger partial charge in [0.25, 0.3) is 5.91 Å². The van der Waals surface area contributed by atoms with E-state index in [1.165, 1.54) is 4.90 Å². The van der Waals surface area contributed by atoms with Crippen LogP contribution in [0.5, 0.6) is 0 Å². The summed E-state index contributed by atoms with van der Waals surface area (Å²) in [4.78, 5) is 15.3. The fraction of sp³-hybridized carbons (Fsp3) is 0.667. The predicted octanol–water partition coefficient (Wildman–Crippen LogP) is -0.697. The third kappa shape index (κ3) is 4.02. The van der Waals surface area contributed by atoms with Crippen molar-refractivity contribution in [1.29, 1.82) is 5.26 Å². The van der Waals surface area contributed by atoms with Crippen LogP contribution in [0.25, 0.3) is 0 Å². The Labute approximate surface area is 107 Å². The lowest BCUT2D eigenvalue weighted by atomic mass is 10.2. The van der Waals surface area contributed by atoms with Crippen LogP contribution in [0.15, 0.2) is 11.8 Å². The van der Waals surface area contributed by atoms with Gasteiger partial charge >= 0.3 is 0 Å². The molecule has 6 heteroatoms. The van der Waals surface area contributed by atoms with Gasteiger partial charge in [-0.05, 0) is 12.8 Å². The fourth-order valence-electron chi connectivity index (χ4n) is 1.91. The first-order valence-corrected chi connectivity index (χ1v) is 6.10. The number of hydrogen-bond acceptors (Lipinski definition) is 5. The Bertz CT molecular complexity index is 337. The number of carbonyl (C=O) groups excluding carboxylic acids is 1. The number of aliphatic hydroxyl groups excluding tert-OH is 2. The van der Waals surface area contributed by atoms with E-state index in [2.05, 4.69) is 0 Å². The first-order chi connectivity index (χ1) is 8.72. The van der Waals surface area contributed by atoms with Gasteiger partial charge in [-0.3, -0.25) is 4.79 Å². The Morgan fingerprint density at radius 1 is 1.28 bits per heavy atom. The molecule has 0 spiro atoms. The normalized spacial score (nSPS) is 15.6. The van der Waals surface area contributed by atoms with Crippen molar-refractivity contribution in [2.75, 3.05) is 39.4 Å². The molecule has 100 valence electrons. The highest BCUT2D eigenvalue weighted by atomic mass is 16.3. The number of aliphatic hydroxyl groups is 2. The molecule has 1 fully saturated rings. The summed E-state index contributed by atoms with van der Waals surface area (Å²) in [6.07, 6.45) is 3.72. The molecule has 0 saturated carbocycles. The summed E-state index contributed by atoms with van der Waals surface area (Å²) in [5.74, 6) is -0.437. The van der Waals surface area contributed by atoms with Gasteiger partial charge in [-0.15, -0.1) is 0 Å². The van der Waals surface area contributed by atoms with Crippen molar-refractivity contribution >= 4 is 5.91 Å². The van der Waals surface area contributed by atoms with Crippen LogP contribution in [0.2, 0.25) is 0 Å². The Morgan fingerprint density at radius 3 is 2.28 bits per heavy atom. The molecule has 0 aromatic heterocycles. The zero-order valence-electron chi connectivity index (χ0n) is 10.4. The van der Waals surface area contributed by atoms with Crippen molar-refractivity contribution in [3.63, 3.8) is 0 Å². The van der Waals surface area contributed by atoms with E-state index in [4.69, 9.17) is 15.5 Å². The number of likely N-dealkylation sites (tertiary alicyclic amines) is 1. The van der Waals surface area contributed by atoms with Gasteiger partial charge in [0, 0.05) is 32.4 Å². The van der Waals surface area contributed by atoms with Crippen LogP contribution in [-0.2, 0) is 4.79 Å². The lowest BCUT2D eigenvalue weighted by Crippen LogP contribution is -2.37. The van der Waals surface area contributed by atoms with E-state index in [-0.39, 0.29) is 31.9 Å². The maximum Gasteiger partial charge on any atom is 0.266 e. The Balaban J connectivity index is 2.72. The van der Waals surface area contributed by atoms with Gasteiger partial charge in [-0.2, -0.15) is 5.26 Å². The summed E-state index contributed by atoms with van der Waals surface area (Å²) < 4.78 is 0. The molecule has 6 nitrogen and oxygen atoms in total. The zero-order valence-corrected chi connectivity index (χ0v) is 10.4. The first kappa shape index (κ1) is 14.5. The predicted molar refractivity (Wildman–Crippen MR) is 65.3 cm³/mol. The molecule has 1 rings (SSSR count). The van der Waals surface area contributed by atoms with Gasteiger partial charge in [0.15, 0.2) is 0 Å². The van der Waals surface area contributed by atoms with Crippen LogP contribution < -0.4 is 0 Å². The smallest absolute Gasteiger partial charge is 0.266 e. The van der Waals surface area contributed by atoms with Crippen LogP contribution in [0.1, 0.15) is 12.8 Å². The third-order valence-electron chi connectivity index (χ3n) is 2.83. The Hall–Kier alpha value is -1.58. The van der Waals surface area contributed by atoms with Crippen LogP contribution in [0.3, 0.4) is 0 Å². The lowest BCUT2D eigenvalue weighted by Gasteiger charge is -2.21. The number of rotatable bonds is 6. The molecule has 1 amide bonds. The summed E-state index contributed by atoms with van der Waals surface area (Å²) in [5.41, 5.74) is 0.0544. The van der Waals surface area contributed by atoms with Crippen molar-refractivity contribution in [3.05, 3.63) is 11.8 Å². The minimum Gasteiger partial charge on any atom is -0.395 e. The molecular formula is C12H19N3O3. The average Bonchev–Trinajstić information content (AvgIpc) is 2.87. The molecule has 18 heavy (non-hydrogen) atoms. The van der Waals surface area contributed by atoms with E-state index in [1.54, 1.807) is 6.20 Å². The van der Waals surface area contributed by atoms with Crippen LogP contribution in [-0.4, -0.2) is 65.3 Å². The second-order valence-corrected chi connectivity index (χ2v) is 4.14. The highest BCUT2D eigenvalue weighted by Gasteiger charge is 2.19. The minimum absolute atomic E-state index is 0.0544. The largest absolute Gasteiger partial charge is 0.395 e. The molecule has 0 aromatic rings. The van der Waals surface area contributed by atoms with E-state index >= 15 is 0 Å². The van der Waals surface area contributed by atoms with E-state index in [0.29, 0.717) is 0 Å². The highest BCUT2D eigenvalue weighted by molar-refractivity contribution is 5.97. The van der Waals surface area contributed by atoms with E-state index in [9.17, 15) is 4.79 Å². The maximum absolute atomic E-state index is 12.0. The number of hydrogen-bond donors (Lipinski definition) is 2. The minimum atomic E-state index is -0.437. The molecule has 0 aromatic carbocycles. The summed E-state index contributed by atoms with van der Waals surface area (Å²) in [5, 5.41) is 26.7. The maximum atomic E-state index is 12.0. The van der Waals surface area contributed by atoms with Crippen molar-refractivity contribution in [2.24, 2.45) is 0 Å². The molecule has 0 radical (unpaired) electrons. The Morgan fingerprint density at radius 2 is 1.83 bits per heavy atom. The van der Waals surface area contributed by atoms with Gasteiger partial charge in [-0.25, -0.2) is 0 Å². The second-order valence-electron chi connectivity index (χ2n) is 4.14. The summed E-state index contributed by atoms with van der Waals surface area (Å²) >= 11 is 0. The molecule has 0 bridgehead atoms. The van der Waals surface area contributed by atoms with Gasteiger partial charge in [0.1, 0.15) is 11.6 Å². The summed E-state index contributed by atoms with van der Waals surface area (Å²) in [6.45, 7) is 1.59. The first-order valence-electron chi connectivity index (χ1n) is 6.10. The Kier molecular flexibility index (Phi) is 6.19. The van der Waals surface area contributed by atoms with Gasteiger partial charge < -0.3 is 20.0 Å². The molecule has 1 aliphatic rings. The fourth-order valence-corrected chi connectivity index (χ4v) is 1.91. The van der Waals surface area contributed by atoms with Crippen molar-refractivity contribution in [2.45, 2.75) is 12.8 Å². The third-order valence-corrected chi connectivity index (χ3v) is 2.83. The monoisotopic (exact) mass is 253 g/mol. The molecule has 2 N–H and O–H groups in total. The highest BCUT2D eigenvalue weighted by Crippen LogP contribution is 2.11. The van der Waals surface area contributed by atoms with Crippen LogP contribution in [0, 0.1) is 11.3 Å². The standard InChI is InChI=1S/C12H19N3O3/c13-9-11(10-14-3-1-2-4-14)12(18)15(5-7-16)6-8-17/h10,16-17H,1-8H2/b11-10-. The summed E-state index contributed by atoms with van der Waals surface area (Å²) in [6, 6.07) is 1.89. The number of amides is 1. The quantitative estimate of drug-likeness (QED) is 0.483. The van der Waals surface area contributed by atoms with Gasteiger partial charge in [-0.1, -0.05) is 0 Å². The molecular weight excluding hydrogens is 234 g/mol. The van der Waals surface area contributed by atoms with Gasteiger partial charge in [0.2, 0.25) is 0 Å². The van der Waals surface area contributed by atoms with Crippen molar-refractivity contribution in [3.8, 4) is 6.07 Å². The van der Waals surface area contributed by atoms with E-state index in [0.717, 1.165) is 25.9 Å². The van der Waals surface area contributed by atoms with E-state index in [1.807, 2.05) is 11.0 Å². The molecule has 1 heterocycles. The topological polar surface area (TPSA) is 87.8 Å². The molecule has 0 aliphatic carbocycles. The van der Waals surface area contributed by atoms with E-state index < -0.39 is 5.91 Å². The second kappa shape index (κ2) is 7.69. The SMILES string of the molecule is N#C/C(=C/N1CCCC1)C(=O)N(CCO)CCO. The molecule has 0 unspecified atom stereocenters. The zero-order chi connectivity index (χ0) is 13.4. The van der Waals surface area contributed by atoms with Crippen LogP contribution >= 0.6 is 0 Å². The molecule has 1 aliphatic heterocycles. The number of carbonyl (C=O) groups is 1. The number of nitriles is 1. The lowest BCUT2D eigenvalue weighted by molar-refractivity contribution is -0.127.